The van der Waals surface area contributed by atoms with Gasteiger partial charge in [-0.25, -0.2) is 0 Å². The van der Waals surface area contributed by atoms with E-state index in [1.54, 1.807) is 12.1 Å². The number of benzene rings is 2. The van der Waals surface area contributed by atoms with E-state index in [0.29, 0.717) is 23.6 Å². The van der Waals surface area contributed by atoms with Crippen LogP contribution >= 0.6 is 0 Å². The topological polar surface area (TPSA) is 94.3 Å². The predicted octanol–water partition coefficient (Wildman–Crippen LogP) is 4.45. The average Bonchev–Trinajstić information content (AvgIpc) is 2.67. The molecule has 0 unspecified atom stereocenters. The van der Waals surface area contributed by atoms with Crippen LogP contribution in [0.2, 0.25) is 0 Å². The molecule has 0 fully saturated rings. The van der Waals surface area contributed by atoms with Crippen LogP contribution in [0.1, 0.15) is 49.7 Å². The highest BCUT2D eigenvalue weighted by atomic mass is 16.5. The van der Waals surface area contributed by atoms with Gasteiger partial charge in [-0.1, -0.05) is 50.5 Å². The molecule has 1 aliphatic heterocycles. The molecule has 3 rings (SSSR count). The molecule has 2 aromatic carbocycles. The van der Waals surface area contributed by atoms with Crippen LogP contribution in [0.3, 0.4) is 0 Å². The Bertz CT molecular complexity index is 883. The van der Waals surface area contributed by atoms with Crippen molar-refractivity contribution < 1.29 is 9.47 Å². The minimum atomic E-state index is -0.341. The van der Waals surface area contributed by atoms with Gasteiger partial charge in [0.15, 0.2) is 0 Å². The summed E-state index contributed by atoms with van der Waals surface area (Å²) in [5.74, 6) is 1.11. The Morgan fingerprint density at radius 3 is 2.67 bits per heavy atom. The summed E-state index contributed by atoms with van der Waals surface area (Å²) >= 11 is 0. The van der Waals surface area contributed by atoms with Gasteiger partial charge >= 0.3 is 0 Å². The molecule has 0 amide bonds. The van der Waals surface area contributed by atoms with E-state index in [9.17, 15) is 5.26 Å². The van der Waals surface area contributed by atoms with Gasteiger partial charge in [0.05, 0.1) is 12.5 Å². The third-order valence-corrected chi connectivity index (χ3v) is 4.73. The third-order valence-electron chi connectivity index (χ3n) is 4.73. The fraction of sp³-hybridized carbons (Fsp3) is 0.318. The summed E-state index contributed by atoms with van der Waals surface area (Å²) in [5, 5.41) is 9.70. The monoisotopic (exact) mass is 363 g/mol. The van der Waals surface area contributed by atoms with Crippen LogP contribution in [-0.4, -0.2) is 6.61 Å². The first-order valence-corrected chi connectivity index (χ1v) is 9.34. The molecule has 1 heterocycles. The number of nitrogens with two attached hydrogens (primary N) is 2. The van der Waals surface area contributed by atoms with E-state index < -0.39 is 0 Å². The Labute approximate surface area is 160 Å². The van der Waals surface area contributed by atoms with Gasteiger partial charge in [0.25, 0.3) is 0 Å². The molecular weight excluding hydrogens is 338 g/mol. The number of para-hydroxylation sites is 1. The molecule has 0 aliphatic carbocycles. The number of nitriles is 1. The van der Waals surface area contributed by atoms with Crippen molar-refractivity contribution in [2.24, 2.45) is 5.73 Å². The zero-order valence-corrected chi connectivity index (χ0v) is 15.6. The second-order valence-electron chi connectivity index (χ2n) is 6.67. The highest BCUT2D eigenvalue weighted by Crippen LogP contribution is 2.45. The van der Waals surface area contributed by atoms with E-state index in [2.05, 4.69) is 13.0 Å². The molecule has 5 nitrogen and oxygen atoms in total. The minimum Gasteiger partial charge on any atom is -0.493 e. The molecule has 0 radical (unpaired) electrons. The van der Waals surface area contributed by atoms with Gasteiger partial charge in [-0.05, 0) is 18.6 Å². The van der Waals surface area contributed by atoms with Gasteiger partial charge in [0.1, 0.15) is 23.1 Å². The molecule has 1 atom stereocenters. The molecule has 0 aromatic heterocycles. The van der Waals surface area contributed by atoms with Crippen molar-refractivity contribution >= 4 is 5.69 Å². The number of hydrogen-bond donors (Lipinski definition) is 2. The molecule has 0 saturated heterocycles. The number of nitrogens with zero attached hydrogens (tertiary/aromatic N) is 1. The van der Waals surface area contributed by atoms with Crippen molar-refractivity contribution in [3.05, 3.63) is 65.0 Å². The van der Waals surface area contributed by atoms with E-state index in [4.69, 9.17) is 20.9 Å². The first kappa shape index (κ1) is 18.7. The van der Waals surface area contributed by atoms with Gasteiger partial charge in [0, 0.05) is 22.9 Å². The molecular formula is C22H25N3O2. The van der Waals surface area contributed by atoms with E-state index in [1.807, 2.05) is 30.3 Å². The van der Waals surface area contributed by atoms with Crippen molar-refractivity contribution in [2.75, 3.05) is 12.3 Å². The van der Waals surface area contributed by atoms with Crippen molar-refractivity contribution in [3.8, 4) is 17.6 Å². The fourth-order valence-corrected chi connectivity index (χ4v) is 3.35. The number of hydrogen-bond acceptors (Lipinski definition) is 5. The second kappa shape index (κ2) is 8.50. The molecule has 0 bridgehead atoms. The van der Waals surface area contributed by atoms with Crippen LogP contribution in [0.15, 0.2) is 53.9 Å². The van der Waals surface area contributed by atoms with Crippen molar-refractivity contribution in [1.82, 2.24) is 0 Å². The molecule has 140 valence electrons. The predicted molar refractivity (Wildman–Crippen MR) is 106 cm³/mol. The normalized spacial score (nSPS) is 15.6. The quantitative estimate of drug-likeness (QED) is 0.560. The molecule has 2 aromatic rings. The summed E-state index contributed by atoms with van der Waals surface area (Å²) < 4.78 is 11.7. The highest BCUT2D eigenvalue weighted by molar-refractivity contribution is 5.61. The van der Waals surface area contributed by atoms with Crippen LogP contribution in [0.5, 0.6) is 11.5 Å². The van der Waals surface area contributed by atoms with Crippen LogP contribution in [-0.2, 0) is 0 Å². The maximum absolute atomic E-state index is 9.70. The highest BCUT2D eigenvalue weighted by Gasteiger charge is 2.32. The molecule has 0 spiro atoms. The Balaban J connectivity index is 1.96. The van der Waals surface area contributed by atoms with Gasteiger partial charge in [-0.15, -0.1) is 0 Å². The maximum atomic E-state index is 9.70. The van der Waals surface area contributed by atoms with E-state index in [-0.39, 0.29) is 11.8 Å². The summed E-state index contributed by atoms with van der Waals surface area (Å²) in [6.07, 6.45) is 4.55. The Hall–Kier alpha value is -3.13. The molecule has 4 N–H and O–H groups in total. The summed E-state index contributed by atoms with van der Waals surface area (Å²) in [7, 11) is 0. The Morgan fingerprint density at radius 2 is 1.89 bits per heavy atom. The zero-order chi connectivity index (χ0) is 19.2. The van der Waals surface area contributed by atoms with Gasteiger partial charge in [0.2, 0.25) is 5.88 Å². The van der Waals surface area contributed by atoms with E-state index in [0.717, 1.165) is 29.7 Å². The largest absolute Gasteiger partial charge is 0.493 e. The molecule has 0 saturated carbocycles. The zero-order valence-electron chi connectivity index (χ0n) is 15.6. The fourth-order valence-electron chi connectivity index (χ4n) is 3.35. The maximum Gasteiger partial charge on any atom is 0.205 e. The van der Waals surface area contributed by atoms with Crippen molar-refractivity contribution in [3.63, 3.8) is 0 Å². The number of allylic oxidation sites excluding steroid dienone is 1. The summed E-state index contributed by atoms with van der Waals surface area (Å²) in [4.78, 5) is 0. The molecule has 5 heteroatoms. The summed E-state index contributed by atoms with van der Waals surface area (Å²) in [6.45, 7) is 2.83. The lowest BCUT2D eigenvalue weighted by atomic mass is 9.83. The summed E-state index contributed by atoms with van der Waals surface area (Å²) in [6, 6.07) is 15.4. The van der Waals surface area contributed by atoms with E-state index >= 15 is 0 Å². The SMILES string of the molecule is CCCCCCOc1ccccc1[C@H]1C(C#N)=C(N)Oc2cc(N)ccc21. The number of rotatable bonds is 7. The number of anilines is 1. The van der Waals surface area contributed by atoms with Crippen molar-refractivity contribution in [2.45, 2.75) is 38.5 Å². The van der Waals surface area contributed by atoms with Crippen LogP contribution < -0.4 is 20.9 Å². The second-order valence-corrected chi connectivity index (χ2v) is 6.67. The van der Waals surface area contributed by atoms with Crippen LogP contribution in [0.25, 0.3) is 0 Å². The Kier molecular flexibility index (Phi) is 5.87. The average molecular weight is 363 g/mol. The van der Waals surface area contributed by atoms with Gasteiger partial charge in [-0.2, -0.15) is 5.26 Å². The first-order chi connectivity index (χ1) is 13.2. The lowest BCUT2D eigenvalue weighted by Gasteiger charge is -2.27. The smallest absolute Gasteiger partial charge is 0.205 e. The van der Waals surface area contributed by atoms with Gasteiger partial charge in [-0.3, -0.25) is 0 Å². The third kappa shape index (κ3) is 4.01. The molecule has 27 heavy (non-hydrogen) atoms. The van der Waals surface area contributed by atoms with Crippen LogP contribution in [0.4, 0.5) is 5.69 Å². The van der Waals surface area contributed by atoms with Crippen LogP contribution in [0, 0.1) is 11.3 Å². The number of nitrogen functional groups attached to an aromatic ring is 1. The van der Waals surface area contributed by atoms with Gasteiger partial charge < -0.3 is 20.9 Å². The standard InChI is InChI=1S/C22H25N3O2/c1-2-3-4-7-12-26-19-9-6-5-8-16(19)21-17-11-10-15(24)13-20(17)27-22(25)18(21)14-23/h5-6,8-11,13,21H,2-4,7,12,24-25H2,1H3/t21-/m1/s1. The summed E-state index contributed by atoms with van der Waals surface area (Å²) in [5.41, 5.74) is 14.7. The lowest BCUT2D eigenvalue weighted by molar-refractivity contribution is 0.301. The lowest BCUT2D eigenvalue weighted by Crippen LogP contribution is -2.21. The number of ether oxygens (including phenoxy) is 2. The van der Waals surface area contributed by atoms with E-state index in [1.165, 1.54) is 12.8 Å². The minimum absolute atomic E-state index is 0.110. The Morgan fingerprint density at radius 1 is 1.07 bits per heavy atom. The first-order valence-electron chi connectivity index (χ1n) is 9.34. The van der Waals surface area contributed by atoms with Crippen molar-refractivity contribution in [1.29, 1.82) is 5.26 Å². The molecule has 1 aliphatic rings. The number of fused-ring (bicyclic) bond motifs is 1. The number of unbranched alkanes of at least 4 members (excludes halogenated alkanes) is 3.